The monoisotopic (exact) mass is 403 g/mol. The van der Waals surface area contributed by atoms with Gasteiger partial charge in [0.1, 0.15) is 11.6 Å². The maximum atomic E-state index is 9.92. The number of aromatic nitrogens is 4. The molecule has 2 aromatic heterocycles. The van der Waals surface area contributed by atoms with Gasteiger partial charge in [-0.2, -0.15) is 5.26 Å². The summed E-state index contributed by atoms with van der Waals surface area (Å²) in [4.78, 5) is 13.1. The first-order valence-electron chi connectivity index (χ1n) is 10.2. The number of nitrogens with zero attached hydrogens (tertiary/aromatic N) is 5. The molecule has 5 heteroatoms. The number of fused-ring (bicyclic) bond motifs is 3. The zero-order chi connectivity index (χ0) is 21.7. The van der Waals surface area contributed by atoms with Gasteiger partial charge in [-0.15, -0.1) is 0 Å². The van der Waals surface area contributed by atoms with E-state index in [-0.39, 0.29) is 0 Å². The lowest BCUT2D eigenvalue weighted by molar-refractivity contribution is 0.928. The Morgan fingerprint density at radius 2 is 1.29 bits per heavy atom. The summed E-state index contributed by atoms with van der Waals surface area (Å²) in [6.07, 6.45) is 0. The summed E-state index contributed by atoms with van der Waals surface area (Å²) in [5, 5.41) is 12.3. The minimum Gasteiger partial charge on any atom is -0.309 e. The van der Waals surface area contributed by atoms with E-state index in [4.69, 9.17) is 0 Å². The zero-order valence-electron chi connectivity index (χ0n) is 17.9. The van der Waals surface area contributed by atoms with E-state index < -0.39 is 0 Å². The first kappa shape index (κ1) is 19.0. The highest BCUT2D eigenvalue weighted by molar-refractivity contribution is 6.09. The molecule has 3 aromatic carbocycles. The molecule has 0 unspecified atom stereocenters. The van der Waals surface area contributed by atoms with Crippen molar-refractivity contribution in [1.29, 1.82) is 5.26 Å². The smallest absolute Gasteiger partial charge is 0.164 e. The highest BCUT2D eigenvalue weighted by atomic mass is 15.0. The van der Waals surface area contributed by atoms with Crippen LogP contribution in [0.1, 0.15) is 28.3 Å². The van der Waals surface area contributed by atoms with Crippen molar-refractivity contribution in [3.63, 3.8) is 0 Å². The summed E-state index contributed by atoms with van der Waals surface area (Å²) in [6, 6.07) is 21.3. The van der Waals surface area contributed by atoms with Crippen LogP contribution >= 0.6 is 0 Å². The third-order valence-corrected chi connectivity index (χ3v) is 5.56. The van der Waals surface area contributed by atoms with Crippen molar-refractivity contribution in [2.24, 2.45) is 0 Å². The van der Waals surface area contributed by atoms with Crippen molar-refractivity contribution in [2.45, 2.75) is 27.7 Å². The largest absolute Gasteiger partial charge is 0.309 e. The van der Waals surface area contributed by atoms with Gasteiger partial charge in [-0.05, 0) is 69.2 Å². The first-order valence-corrected chi connectivity index (χ1v) is 10.2. The van der Waals surface area contributed by atoms with Gasteiger partial charge in [-0.3, -0.25) is 0 Å². The molecule has 150 valence electrons. The highest BCUT2D eigenvalue weighted by Gasteiger charge is 2.16. The molecule has 0 fully saturated rings. The minimum atomic E-state index is 0.530. The Balaban J connectivity index is 1.80. The molecule has 2 heterocycles. The lowest BCUT2D eigenvalue weighted by atomic mass is 10.1. The number of nitriles is 1. The summed E-state index contributed by atoms with van der Waals surface area (Å²) in [5.74, 6) is 1.81. The molecule has 0 radical (unpaired) electrons. The Hall–Kier alpha value is -4.04. The minimum absolute atomic E-state index is 0.530. The highest BCUT2D eigenvalue weighted by Crippen LogP contribution is 2.34. The van der Waals surface area contributed by atoms with Crippen molar-refractivity contribution >= 4 is 21.8 Å². The molecule has 5 rings (SSSR count). The second kappa shape index (κ2) is 7.03. The summed E-state index contributed by atoms with van der Waals surface area (Å²) < 4.78 is 2.24. The first-order chi connectivity index (χ1) is 14.9. The SMILES string of the molecule is Cc1ccc2c3ccc(C)cc3n(-c3ccc(-c4nc(C)nc(C)n4)c(C#N)c3)c2c1. The second-order valence-corrected chi connectivity index (χ2v) is 7.97. The molecule has 0 spiro atoms. The molecule has 0 aliphatic carbocycles. The average molecular weight is 403 g/mol. The van der Waals surface area contributed by atoms with Gasteiger partial charge >= 0.3 is 0 Å². The molecular formula is C26H21N5. The fraction of sp³-hybridized carbons (Fsp3) is 0.154. The molecule has 0 saturated heterocycles. The molecule has 5 aromatic rings. The van der Waals surface area contributed by atoms with E-state index in [0.29, 0.717) is 28.6 Å². The van der Waals surface area contributed by atoms with E-state index in [1.54, 1.807) is 0 Å². The third-order valence-electron chi connectivity index (χ3n) is 5.56. The Kier molecular flexibility index (Phi) is 4.30. The van der Waals surface area contributed by atoms with E-state index in [1.165, 1.54) is 21.9 Å². The average Bonchev–Trinajstić information content (AvgIpc) is 3.04. The Morgan fingerprint density at radius 3 is 1.84 bits per heavy atom. The van der Waals surface area contributed by atoms with Crippen LogP contribution in [0.5, 0.6) is 0 Å². The van der Waals surface area contributed by atoms with E-state index >= 15 is 0 Å². The van der Waals surface area contributed by atoms with E-state index in [1.807, 2.05) is 32.0 Å². The Bertz CT molecular complexity index is 1460. The molecule has 5 nitrogen and oxygen atoms in total. The number of hydrogen-bond acceptors (Lipinski definition) is 4. The topological polar surface area (TPSA) is 67.4 Å². The molecule has 0 aliphatic rings. The molecule has 0 aliphatic heterocycles. The van der Waals surface area contributed by atoms with Crippen LogP contribution in [0, 0.1) is 39.0 Å². The second-order valence-electron chi connectivity index (χ2n) is 7.97. The molecule has 0 atom stereocenters. The number of benzene rings is 3. The van der Waals surface area contributed by atoms with Crippen molar-refractivity contribution in [1.82, 2.24) is 19.5 Å². The van der Waals surface area contributed by atoms with Gasteiger partial charge in [-0.25, -0.2) is 15.0 Å². The maximum Gasteiger partial charge on any atom is 0.164 e. The molecule has 0 N–H and O–H groups in total. The third kappa shape index (κ3) is 3.13. The fourth-order valence-corrected chi connectivity index (χ4v) is 4.21. The number of rotatable bonds is 2. The molecule has 0 amide bonds. The van der Waals surface area contributed by atoms with Gasteiger partial charge in [0.15, 0.2) is 5.82 Å². The lowest BCUT2D eigenvalue weighted by Gasteiger charge is -2.11. The van der Waals surface area contributed by atoms with Crippen molar-refractivity contribution in [3.8, 4) is 23.1 Å². The lowest BCUT2D eigenvalue weighted by Crippen LogP contribution is -2.01. The standard InChI is InChI=1S/C26H21N5/c1-15-5-8-22-23-9-6-16(2)12-25(23)31(24(22)11-15)20-7-10-21(19(13-20)14-27)26-29-17(3)28-18(4)30-26/h5-13H,1-4H3. The molecule has 0 bridgehead atoms. The van der Waals surface area contributed by atoms with Gasteiger partial charge in [0, 0.05) is 22.0 Å². The van der Waals surface area contributed by atoms with Crippen LogP contribution in [-0.4, -0.2) is 19.5 Å². The Morgan fingerprint density at radius 1 is 0.710 bits per heavy atom. The molecule has 0 saturated carbocycles. The van der Waals surface area contributed by atoms with E-state index in [2.05, 4.69) is 75.8 Å². The van der Waals surface area contributed by atoms with Gasteiger partial charge in [0.25, 0.3) is 0 Å². The quantitative estimate of drug-likeness (QED) is 0.377. The van der Waals surface area contributed by atoms with Crippen LogP contribution in [0.15, 0.2) is 54.6 Å². The van der Waals surface area contributed by atoms with Crippen molar-refractivity contribution in [3.05, 3.63) is 82.9 Å². The van der Waals surface area contributed by atoms with Crippen molar-refractivity contribution in [2.75, 3.05) is 0 Å². The zero-order valence-corrected chi connectivity index (χ0v) is 17.9. The Labute approximate surface area is 180 Å². The van der Waals surface area contributed by atoms with E-state index in [9.17, 15) is 5.26 Å². The predicted molar refractivity (Wildman–Crippen MR) is 123 cm³/mol. The summed E-state index contributed by atoms with van der Waals surface area (Å²) in [7, 11) is 0. The molecule has 31 heavy (non-hydrogen) atoms. The summed E-state index contributed by atoms with van der Waals surface area (Å²) >= 11 is 0. The number of hydrogen-bond donors (Lipinski definition) is 0. The van der Waals surface area contributed by atoms with Crippen LogP contribution in [0.3, 0.4) is 0 Å². The van der Waals surface area contributed by atoms with Crippen LogP contribution in [0.2, 0.25) is 0 Å². The van der Waals surface area contributed by atoms with Gasteiger partial charge in [0.2, 0.25) is 0 Å². The summed E-state index contributed by atoms with van der Waals surface area (Å²) in [6.45, 7) is 7.87. The van der Waals surface area contributed by atoms with Gasteiger partial charge in [-0.1, -0.05) is 24.3 Å². The summed E-state index contributed by atoms with van der Waals surface area (Å²) in [5.41, 5.74) is 6.85. The van der Waals surface area contributed by atoms with Crippen LogP contribution in [0.25, 0.3) is 38.9 Å². The van der Waals surface area contributed by atoms with Crippen LogP contribution in [0.4, 0.5) is 0 Å². The fourth-order valence-electron chi connectivity index (χ4n) is 4.21. The van der Waals surface area contributed by atoms with Gasteiger partial charge in [0.05, 0.1) is 22.7 Å². The van der Waals surface area contributed by atoms with Crippen LogP contribution < -0.4 is 0 Å². The van der Waals surface area contributed by atoms with Gasteiger partial charge < -0.3 is 4.57 Å². The number of aryl methyl sites for hydroxylation is 4. The van der Waals surface area contributed by atoms with Crippen LogP contribution in [-0.2, 0) is 0 Å². The maximum absolute atomic E-state index is 9.92. The molecular weight excluding hydrogens is 382 g/mol. The van der Waals surface area contributed by atoms with Crippen molar-refractivity contribution < 1.29 is 0 Å². The van der Waals surface area contributed by atoms with E-state index in [0.717, 1.165) is 16.7 Å². The normalized spacial score (nSPS) is 11.2. The predicted octanol–water partition coefficient (Wildman–Crippen LogP) is 5.74.